The Hall–Kier alpha value is -10.6. The van der Waals surface area contributed by atoms with Crippen LogP contribution >= 0.6 is 47.0 Å². The number of aliphatic imine (C=N–C) groups is 1. The summed E-state index contributed by atoms with van der Waals surface area (Å²) >= 11 is 13.0. The van der Waals surface area contributed by atoms with Gasteiger partial charge in [-0.1, -0.05) is 96.5 Å². The van der Waals surface area contributed by atoms with Crippen LogP contribution in [-0.2, 0) is 128 Å². The van der Waals surface area contributed by atoms with E-state index < -0.39 is 46.1 Å². The number of guanidine groups is 1. The first kappa shape index (κ1) is 116. The van der Waals surface area contributed by atoms with Crippen molar-refractivity contribution in [2.24, 2.45) is 66.3 Å². The van der Waals surface area contributed by atoms with E-state index >= 15 is 0 Å². The molecule has 146 heavy (non-hydrogen) atoms. The summed E-state index contributed by atoms with van der Waals surface area (Å²) < 4.78 is 42.0. The molecule has 4 saturated heterocycles. The number of aromatic nitrogens is 8. The molecule has 39 heteroatoms. The molecule has 8 fully saturated rings. The summed E-state index contributed by atoms with van der Waals surface area (Å²) in [5.41, 5.74) is 17.8. The summed E-state index contributed by atoms with van der Waals surface area (Å²) in [4.78, 5) is 130. The lowest BCUT2D eigenvalue weighted by molar-refractivity contribution is -0.306. The fourth-order valence-electron chi connectivity index (χ4n) is 23.9. The number of ether oxygens (including phenoxy) is 4. The zero-order chi connectivity index (χ0) is 103. The van der Waals surface area contributed by atoms with Gasteiger partial charge >= 0.3 is 19.2 Å². The Labute approximate surface area is 881 Å². The zero-order valence-corrected chi connectivity index (χ0v) is 88.5. The second-order valence-electron chi connectivity index (χ2n) is 41.8. The van der Waals surface area contributed by atoms with Crippen LogP contribution in [0.4, 0.5) is 9.59 Å². The molecule has 35 nitrogen and oxygen atoms in total. The highest BCUT2D eigenvalue weighted by Gasteiger charge is 2.72. The lowest BCUT2D eigenvalue weighted by Crippen LogP contribution is -2.57. The van der Waals surface area contributed by atoms with E-state index in [1.165, 1.54) is 60.5 Å². The van der Waals surface area contributed by atoms with Gasteiger partial charge in [-0.05, 0) is 310 Å². The van der Waals surface area contributed by atoms with Crippen LogP contribution in [0.25, 0.3) is 33.4 Å². The first-order valence-electron chi connectivity index (χ1n) is 48.3. The number of likely N-dealkylation sites (N-methyl/N-ethyl adjacent to an activating group) is 4. The molecule has 0 radical (unpaired) electrons. The maximum atomic E-state index is 13.8. The molecular formula is C107H148BIN18O17S2. The fourth-order valence-corrected chi connectivity index (χ4v) is 24.7. The minimum absolute atomic E-state index is 0. The van der Waals surface area contributed by atoms with E-state index in [4.69, 9.17) is 68.7 Å². The number of methoxy groups -OCH3 is 4. The third-order valence-electron chi connectivity index (χ3n) is 32.8. The number of nitrogens with one attached hydrogen (secondary N) is 3. The van der Waals surface area contributed by atoms with E-state index in [-0.39, 0.29) is 134 Å². The minimum atomic E-state index is -1.09. The molecule has 8 aliphatic carbocycles. The first-order valence-corrected chi connectivity index (χ1v) is 50.2. The van der Waals surface area contributed by atoms with E-state index in [0.717, 1.165) is 204 Å². The standard InChI is InChI=1S/C24H33BN2O5.C23H27N5O3.C23H26N4O4.C23H26N4O2S2.C5H5IN2O.C4H10O2.CH5N.4CH4/c1-21(2)22(3,4)32-25(31-21)16-8-7-15-14-23(11-9-17(30-6)10-12-23)24(18(15)13-16)19(28)27(5)20(29)26-24;1-27-20(30)23(26-21(27)24)18-10-14(16-11-19(29)28(2)25-13-16)4-5-15(18)12-22(23)8-6-17(31-3)7-9-22;1-26-20(29)23(25-21(26)30)18-10-14(16-11-19(28)27(2)24-13-16)4-5-15(18)12-22(23)8-6-17(31-3)7-9-22;1-26-20(28)23(25-21(26)31)18-10-14(16-11-19(30)27(2)24-13-16)4-5-15(18)12-22(23)8-6-17(29-3)7-9-22;1-8-5(9)2-4(6)3-7-8;1-4(2,3)6-5;1-2;;;;/h7-8,13,17H,9-12,14H2,1-6H3,(H,26,29);4-5,10-11,13,17H,6-9,12H2,1-3H3,(H2,24,26);4-5,10-11,13,17H,6-9,12H2,1-3H3,(H,25,30);4-5,10-11,13,17H,6-9,12H2,1-3H3,(H,25,31);2-3H,1H3;5H,1-3H3;2H2,1H3;4*1H4. The smallest absolute Gasteiger partial charge is 0.399 e. The molecule has 13 aliphatic rings. The average Bonchev–Trinajstić information content (AvgIpc) is 1.54. The number of nitrogens with zero attached hydrogens (tertiary/aromatic N) is 13. The first-order chi connectivity index (χ1) is 67.1. The number of aryl methyl sites for hydroxylation is 4. The van der Waals surface area contributed by atoms with Crippen molar-refractivity contribution in [1.82, 2.24) is 74.7 Å². The summed E-state index contributed by atoms with van der Waals surface area (Å²) in [6.45, 7) is 13.4. The number of amides is 8. The van der Waals surface area contributed by atoms with Gasteiger partial charge in [0, 0.05) is 145 Å². The Bertz CT molecular complexity index is 6370. The predicted molar refractivity (Wildman–Crippen MR) is 578 cm³/mol. The molecule has 4 unspecified atom stereocenters. The topological polar surface area (TPSA) is 423 Å². The van der Waals surface area contributed by atoms with Gasteiger partial charge in [0.1, 0.15) is 4.64 Å². The molecule has 21 rings (SSSR count). The van der Waals surface area contributed by atoms with Gasteiger partial charge < -0.3 is 55.7 Å². The number of nitrogens with two attached hydrogens (primary N) is 2. The van der Waals surface area contributed by atoms with Crippen LogP contribution < -0.4 is 49.6 Å². The number of fused-ring (bicyclic) bond motifs is 12. The summed E-state index contributed by atoms with van der Waals surface area (Å²) in [6, 6.07) is 30.5. The number of carbonyl (C=O) groups is 6. The van der Waals surface area contributed by atoms with E-state index in [1.54, 1.807) is 126 Å². The van der Waals surface area contributed by atoms with E-state index in [9.17, 15) is 43.2 Å². The summed E-state index contributed by atoms with van der Waals surface area (Å²) in [5.74, 6) is -0.133. The van der Waals surface area contributed by atoms with Crippen LogP contribution in [0.15, 0.2) is 141 Å². The summed E-state index contributed by atoms with van der Waals surface area (Å²) in [7, 11) is 21.2. The third-order valence-corrected chi connectivity index (χ3v) is 34.1. The molecule has 9 heterocycles. The van der Waals surface area contributed by atoms with Crippen molar-refractivity contribution in [1.29, 1.82) is 0 Å². The molecule has 0 bridgehead atoms. The average molecular weight is 2160 g/mol. The second kappa shape index (κ2) is 43.9. The van der Waals surface area contributed by atoms with Crippen molar-refractivity contribution in [2.45, 2.75) is 270 Å². The van der Waals surface area contributed by atoms with Gasteiger partial charge in [0.25, 0.3) is 40.3 Å². The Morgan fingerprint density at radius 1 is 0.418 bits per heavy atom. The maximum absolute atomic E-state index is 13.8. The molecule has 5 aliphatic heterocycles. The van der Waals surface area contributed by atoms with Crippen molar-refractivity contribution < 1.29 is 67.2 Å². The highest BCUT2D eigenvalue weighted by molar-refractivity contribution is 14.1. The molecule has 4 aromatic carbocycles. The van der Waals surface area contributed by atoms with Crippen molar-refractivity contribution in [3.8, 4) is 33.4 Å². The number of carbonyl (C=O) groups excluding carboxylic acids is 6. The Kier molecular flexibility index (Phi) is 34.8. The van der Waals surface area contributed by atoms with Crippen molar-refractivity contribution in [3.63, 3.8) is 0 Å². The molecule has 4 atom stereocenters. The van der Waals surface area contributed by atoms with E-state index in [0.29, 0.717) is 15.3 Å². The van der Waals surface area contributed by atoms with Crippen LogP contribution in [0.2, 0.25) is 0 Å². The number of thiocarbonyl (C=S) groups is 1. The molecule has 8 N–H and O–H groups in total. The minimum Gasteiger partial charge on any atom is -0.399 e. The monoisotopic (exact) mass is 2160 g/mol. The Balaban J connectivity index is 0.000000174. The molecule has 4 saturated carbocycles. The lowest BCUT2D eigenvalue weighted by Gasteiger charge is -2.46. The predicted octanol–water partition coefficient (Wildman–Crippen LogP) is 13.3. The van der Waals surface area contributed by atoms with Crippen molar-refractivity contribution in [3.05, 3.63) is 206 Å². The maximum Gasteiger partial charge on any atom is 0.494 e. The lowest BCUT2D eigenvalue weighted by atomic mass is 9.61. The van der Waals surface area contributed by atoms with Crippen LogP contribution in [0.5, 0.6) is 0 Å². The number of urea groups is 2. The Morgan fingerprint density at radius 2 is 0.733 bits per heavy atom. The molecule has 4 aromatic heterocycles. The number of hydrogen-bond donors (Lipinski definition) is 6. The highest BCUT2D eigenvalue weighted by atomic mass is 127. The summed E-state index contributed by atoms with van der Waals surface area (Å²) in [5, 5.41) is 34.5. The van der Waals surface area contributed by atoms with Gasteiger partial charge in [0.05, 0.1) is 66.0 Å². The molecule has 790 valence electrons. The van der Waals surface area contributed by atoms with Gasteiger partial charge in [-0.15, -0.1) is 0 Å². The SMILES string of the molecule is C.C.C.C.CC(C)(C)OO.CN.COC1CCC2(CC1)Cc1ccc(-c3cnn(C)c(=O)c3)cc1C21N=C(N)N(C)C1=O.COC1CCC2(CC1)Cc1ccc(-c3cnn(C)c(=O)c3)cc1C21NC(=O)N(C)C1=O.COC1CCC2(CC1)Cc1ccc(-c3cnn(C)c(=S)c3)cc1C21NC(=S)N(C)C1=O.COC1CCC2(CC1)Cc1ccc(B3OC(C)(C)C(C)(C)O3)cc1C21NC(=O)N(C)C1=O.Cn1ncc(I)cc1=O. The quantitative estimate of drug-likeness (QED) is 0.0205. The van der Waals surface area contributed by atoms with Crippen LogP contribution in [0, 0.1) is 29.9 Å². The number of imide groups is 2. The highest BCUT2D eigenvalue weighted by Crippen LogP contribution is 2.66. The van der Waals surface area contributed by atoms with Crippen molar-refractivity contribution in [2.75, 3.05) is 63.7 Å². The number of rotatable bonds is 8. The van der Waals surface area contributed by atoms with Gasteiger partial charge in [0.15, 0.2) is 33.2 Å². The number of halogens is 1. The summed E-state index contributed by atoms with van der Waals surface area (Å²) in [6.07, 6.45) is 24.7. The second-order valence-corrected chi connectivity index (χ2v) is 43.9. The van der Waals surface area contributed by atoms with Crippen LogP contribution in [0.3, 0.4) is 0 Å². The molecule has 8 aromatic rings. The molecule has 8 amide bonds. The number of hydrogen-bond acceptors (Lipinski definition) is 26. The molecular weight excluding hydrogens is 2010 g/mol. The normalized spacial score (nSPS) is 27.7. The number of benzene rings is 4. The molecule has 8 spiro atoms. The van der Waals surface area contributed by atoms with Gasteiger partial charge in [-0.2, -0.15) is 20.4 Å². The van der Waals surface area contributed by atoms with Crippen LogP contribution in [0.1, 0.15) is 225 Å². The van der Waals surface area contributed by atoms with Crippen LogP contribution in [-0.4, -0.2) is 223 Å². The fraction of sp³-hybridized carbons (Fsp3) is 0.551. The van der Waals surface area contributed by atoms with Gasteiger partial charge in [-0.3, -0.25) is 63.1 Å². The van der Waals surface area contributed by atoms with E-state index in [2.05, 4.69) is 77.3 Å². The van der Waals surface area contributed by atoms with E-state index in [1.807, 2.05) is 112 Å². The van der Waals surface area contributed by atoms with Gasteiger partial charge in [0.2, 0.25) is 0 Å². The Morgan fingerprint density at radius 3 is 1.05 bits per heavy atom. The largest absolute Gasteiger partial charge is 0.494 e. The third kappa shape index (κ3) is 19.8. The van der Waals surface area contributed by atoms with Gasteiger partial charge in [-0.25, -0.2) is 33.5 Å². The van der Waals surface area contributed by atoms with Crippen molar-refractivity contribution >= 4 is 106 Å². The zero-order valence-electron chi connectivity index (χ0n) is 84.7.